The summed E-state index contributed by atoms with van der Waals surface area (Å²) in [7, 11) is 2.05. The Kier molecular flexibility index (Phi) is 3.10. The lowest BCUT2D eigenvalue weighted by molar-refractivity contribution is 0.0690. The van der Waals surface area contributed by atoms with E-state index in [0.29, 0.717) is 5.82 Å². The lowest BCUT2D eigenvalue weighted by atomic mass is 10.3. The summed E-state index contributed by atoms with van der Waals surface area (Å²) in [5, 5.41) is 8.90. The Morgan fingerprint density at radius 1 is 1.35 bits per heavy atom. The van der Waals surface area contributed by atoms with Crippen LogP contribution in [0, 0.1) is 0 Å². The van der Waals surface area contributed by atoms with E-state index in [1.165, 1.54) is 6.07 Å². The molecule has 7 nitrogen and oxygen atoms in total. The Bertz CT molecular complexity index is 429. The van der Waals surface area contributed by atoms with E-state index in [1.807, 2.05) is 11.9 Å². The molecule has 1 aliphatic heterocycles. The van der Waals surface area contributed by atoms with E-state index in [9.17, 15) is 4.79 Å². The molecule has 92 valence electrons. The average molecular weight is 237 g/mol. The lowest BCUT2D eigenvalue weighted by Crippen LogP contribution is -2.45. The van der Waals surface area contributed by atoms with E-state index in [1.54, 1.807) is 0 Å². The first-order valence-corrected chi connectivity index (χ1v) is 5.37. The Hall–Kier alpha value is -1.89. The minimum atomic E-state index is -1.09. The highest BCUT2D eigenvalue weighted by atomic mass is 16.4. The number of aromatic nitrogens is 2. The Labute approximate surface area is 98.9 Å². The van der Waals surface area contributed by atoms with Gasteiger partial charge in [0.25, 0.3) is 0 Å². The van der Waals surface area contributed by atoms with Crippen LogP contribution >= 0.6 is 0 Å². The number of anilines is 2. The van der Waals surface area contributed by atoms with Crippen LogP contribution in [0.1, 0.15) is 10.5 Å². The Morgan fingerprint density at radius 3 is 2.59 bits per heavy atom. The minimum absolute atomic E-state index is 0.00109. The third-order valence-electron chi connectivity index (χ3n) is 2.78. The maximum absolute atomic E-state index is 10.9. The largest absolute Gasteiger partial charge is 0.477 e. The molecule has 17 heavy (non-hydrogen) atoms. The van der Waals surface area contributed by atoms with Crippen molar-refractivity contribution in [3.63, 3.8) is 0 Å². The molecule has 3 N–H and O–H groups in total. The predicted molar refractivity (Wildman–Crippen MR) is 63.1 cm³/mol. The van der Waals surface area contributed by atoms with Crippen molar-refractivity contribution >= 4 is 17.7 Å². The number of carboxylic acids is 1. The zero-order chi connectivity index (χ0) is 12.4. The Morgan fingerprint density at radius 2 is 2.00 bits per heavy atom. The van der Waals surface area contributed by atoms with E-state index in [4.69, 9.17) is 10.8 Å². The van der Waals surface area contributed by atoms with Crippen molar-refractivity contribution in [3.05, 3.63) is 11.8 Å². The molecule has 0 radical (unpaired) electrons. The van der Waals surface area contributed by atoms with Crippen LogP contribution < -0.4 is 10.6 Å². The quantitative estimate of drug-likeness (QED) is 0.716. The summed E-state index contributed by atoms with van der Waals surface area (Å²) in [6, 6.07) is 1.46. The molecule has 0 saturated carbocycles. The van der Waals surface area contributed by atoms with Crippen molar-refractivity contribution in [1.29, 1.82) is 0 Å². The van der Waals surface area contributed by atoms with Crippen LogP contribution in [0.25, 0.3) is 0 Å². The topological polar surface area (TPSA) is 95.6 Å². The molecular formula is C10H15N5O2. The molecule has 0 spiro atoms. The first-order valence-electron chi connectivity index (χ1n) is 5.37. The number of likely N-dealkylation sites (N-methyl/N-ethyl adjacent to an activating group) is 1. The monoisotopic (exact) mass is 237 g/mol. The number of carboxylic acid groups (broad SMARTS) is 1. The third-order valence-corrected chi connectivity index (χ3v) is 2.78. The van der Waals surface area contributed by atoms with Crippen LogP contribution in [0.3, 0.4) is 0 Å². The van der Waals surface area contributed by atoms with Gasteiger partial charge in [0.15, 0.2) is 5.69 Å². The number of nitrogens with zero attached hydrogens (tertiary/aromatic N) is 4. The number of rotatable bonds is 2. The number of aromatic carboxylic acids is 1. The number of nitrogens with two attached hydrogens (primary N) is 1. The van der Waals surface area contributed by atoms with Gasteiger partial charge in [0.2, 0.25) is 5.95 Å². The maximum atomic E-state index is 10.9. The molecule has 0 bridgehead atoms. The average Bonchev–Trinajstić information content (AvgIpc) is 2.29. The van der Waals surface area contributed by atoms with E-state index < -0.39 is 5.97 Å². The predicted octanol–water partition coefficient (Wildman–Crippen LogP) is -0.491. The normalized spacial score (nSPS) is 17.1. The van der Waals surface area contributed by atoms with Gasteiger partial charge in [-0.2, -0.15) is 4.98 Å². The molecule has 0 unspecified atom stereocenters. The third kappa shape index (κ3) is 2.62. The van der Waals surface area contributed by atoms with Crippen LogP contribution in [0.4, 0.5) is 11.8 Å². The highest BCUT2D eigenvalue weighted by Gasteiger charge is 2.18. The number of piperazine rings is 1. The summed E-state index contributed by atoms with van der Waals surface area (Å²) in [4.78, 5) is 22.8. The SMILES string of the molecule is CN1CCN(c2cc(C(=O)O)nc(N)n2)CC1. The van der Waals surface area contributed by atoms with Gasteiger partial charge in [0.05, 0.1) is 0 Å². The molecule has 1 saturated heterocycles. The summed E-state index contributed by atoms with van der Waals surface area (Å²) in [5.41, 5.74) is 5.45. The first-order chi connectivity index (χ1) is 8.06. The second-order valence-corrected chi connectivity index (χ2v) is 4.07. The lowest BCUT2D eigenvalue weighted by Gasteiger charge is -2.33. The van der Waals surface area contributed by atoms with E-state index in [2.05, 4.69) is 14.9 Å². The fourth-order valence-corrected chi connectivity index (χ4v) is 1.76. The van der Waals surface area contributed by atoms with Gasteiger partial charge in [-0.1, -0.05) is 0 Å². The number of hydrogen-bond acceptors (Lipinski definition) is 6. The van der Waals surface area contributed by atoms with Gasteiger partial charge in [0, 0.05) is 32.2 Å². The molecule has 1 aliphatic rings. The van der Waals surface area contributed by atoms with Crippen LogP contribution in [-0.2, 0) is 0 Å². The van der Waals surface area contributed by atoms with Gasteiger partial charge < -0.3 is 20.6 Å². The summed E-state index contributed by atoms with van der Waals surface area (Å²) in [5.74, 6) is -0.503. The highest BCUT2D eigenvalue weighted by Crippen LogP contribution is 2.15. The standard InChI is InChI=1S/C10H15N5O2/c1-14-2-4-15(5-3-14)8-6-7(9(16)17)12-10(11)13-8/h6H,2-5H2,1H3,(H,16,17)(H2,11,12,13). The fourth-order valence-electron chi connectivity index (χ4n) is 1.76. The molecule has 0 aliphatic carbocycles. The van der Waals surface area contributed by atoms with E-state index in [0.717, 1.165) is 26.2 Å². The highest BCUT2D eigenvalue weighted by molar-refractivity contribution is 5.86. The molecular weight excluding hydrogens is 222 g/mol. The second-order valence-electron chi connectivity index (χ2n) is 4.07. The van der Waals surface area contributed by atoms with Gasteiger partial charge in [0.1, 0.15) is 5.82 Å². The van der Waals surface area contributed by atoms with Crippen molar-refractivity contribution in [2.24, 2.45) is 0 Å². The number of carbonyl (C=O) groups is 1. The smallest absolute Gasteiger partial charge is 0.354 e. The number of nitrogen functional groups attached to an aromatic ring is 1. The van der Waals surface area contributed by atoms with Gasteiger partial charge >= 0.3 is 5.97 Å². The second kappa shape index (κ2) is 4.54. The van der Waals surface area contributed by atoms with Gasteiger partial charge in [-0.15, -0.1) is 0 Å². The van der Waals surface area contributed by atoms with E-state index >= 15 is 0 Å². The number of hydrogen-bond donors (Lipinski definition) is 2. The molecule has 1 aromatic heterocycles. The van der Waals surface area contributed by atoms with Crippen LogP contribution in [0.15, 0.2) is 6.07 Å². The van der Waals surface area contributed by atoms with Gasteiger partial charge in [-0.3, -0.25) is 0 Å². The summed E-state index contributed by atoms with van der Waals surface area (Å²) in [6.45, 7) is 3.47. The molecule has 1 aromatic rings. The van der Waals surface area contributed by atoms with Crippen LogP contribution in [0.5, 0.6) is 0 Å². The summed E-state index contributed by atoms with van der Waals surface area (Å²) in [6.07, 6.45) is 0. The van der Waals surface area contributed by atoms with Gasteiger partial charge in [-0.25, -0.2) is 9.78 Å². The molecule has 7 heteroatoms. The maximum Gasteiger partial charge on any atom is 0.354 e. The molecule has 2 rings (SSSR count). The molecule has 0 aromatic carbocycles. The molecule has 2 heterocycles. The van der Waals surface area contributed by atoms with Crippen molar-refractivity contribution in [2.45, 2.75) is 0 Å². The van der Waals surface area contributed by atoms with Crippen LogP contribution in [0.2, 0.25) is 0 Å². The zero-order valence-electron chi connectivity index (χ0n) is 9.63. The van der Waals surface area contributed by atoms with Crippen molar-refractivity contribution in [1.82, 2.24) is 14.9 Å². The Balaban J connectivity index is 2.23. The van der Waals surface area contributed by atoms with Gasteiger partial charge in [-0.05, 0) is 7.05 Å². The molecule has 1 fully saturated rings. The first kappa shape index (κ1) is 11.6. The molecule has 0 amide bonds. The zero-order valence-corrected chi connectivity index (χ0v) is 9.63. The minimum Gasteiger partial charge on any atom is -0.477 e. The van der Waals surface area contributed by atoms with Crippen molar-refractivity contribution < 1.29 is 9.90 Å². The summed E-state index contributed by atoms with van der Waals surface area (Å²) >= 11 is 0. The van der Waals surface area contributed by atoms with Crippen molar-refractivity contribution in [3.8, 4) is 0 Å². The molecule has 0 atom stereocenters. The van der Waals surface area contributed by atoms with E-state index in [-0.39, 0.29) is 11.6 Å². The summed E-state index contributed by atoms with van der Waals surface area (Å²) < 4.78 is 0. The fraction of sp³-hybridized carbons (Fsp3) is 0.500. The van der Waals surface area contributed by atoms with Crippen LogP contribution in [-0.4, -0.2) is 59.2 Å². The van der Waals surface area contributed by atoms with Crippen molar-refractivity contribution in [2.75, 3.05) is 43.9 Å².